The van der Waals surface area contributed by atoms with Crippen LogP contribution in [-0.2, 0) is 5.41 Å². The average Bonchev–Trinajstić information content (AvgIpc) is 2.14. The van der Waals surface area contributed by atoms with Gasteiger partial charge in [-0.15, -0.1) is 0 Å². The van der Waals surface area contributed by atoms with Crippen molar-refractivity contribution < 1.29 is 0 Å². The van der Waals surface area contributed by atoms with Crippen LogP contribution in [0.4, 0.5) is 5.69 Å². The lowest BCUT2D eigenvalue weighted by atomic mass is 9.87. The van der Waals surface area contributed by atoms with E-state index < -0.39 is 8.24 Å². The average molecular weight is 235 g/mol. The molecule has 0 saturated carbocycles. The van der Waals surface area contributed by atoms with Crippen molar-refractivity contribution >= 4 is 13.9 Å². The molecule has 0 bridgehead atoms. The molecule has 1 aromatic carbocycles. The van der Waals surface area contributed by atoms with Gasteiger partial charge in [-0.2, -0.15) is 0 Å². The third-order valence-corrected chi connectivity index (χ3v) is 5.40. The Bertz CT molecular complexity index is 340. The summed E-state index contributed by atoms with van der Waals surface area (Å²) in [6, 6.07) is 9.01. The third-order valence-electron chi connectivity index (χ3n) is 3.13. The predicted octanol–water partition coefficient (Wildman–Crippen LogP) is 4.26. The van der Waals surface area contributed by atoms with E-state index in [0.29, 0.717) is 0 Å². The van der Waals surface area contributed by atoms with Gasteiger partial charge in [-0.1, -0.05) is 52.5 Å². The minimum Gasteiger partial charge on any atom is -0.401 e. The van der Waals surface area contributed by atoms with Gasteiger partial charge in [0.15, 0.2) is 0 Å². The molecule has 1 aromatic rings. The molecule has 1 nitrogen and oxygen atoms in total. The summed E-state index contributed by atoms with van der Waals surface area (Å²) < 4.78 is 2.44. The maximum atomic E-state index is 2.44. The summed E-state index contributed by atoms with van der Waals surface area (Å²) in [7, 11) is 0.975. The van der Waals surface area contributed by atoms with Crippen LogP contribution in [0.3, 0.4) is 0 Å². The minimum atomic E-state index is -1.23. The van der Waals surface area contributed by atoms with Crippen molar-refractivity contribution in [2.24, 2.45) is 0 Å². The monoisotopic (exact) mass is 235 g/mol. The van der Waals surface area contributed by atoms with E-state index in [4.69, 9.17) is 0 Å². The molecule has 16 heavy (non-hydrogen) atoms. The first kappa shape index (κ1) is 13.3. The van der Waals surface area contributed by atoms with Crippen LogP contribution in [0, 0.1) is 0 Å². The first-order valence-electron chi connectivity index (χ1n) is 5.97. The number of benzene rings is 1. The van der Waals surface area contributed by atoms with Crippen molar-refractivity contribution in [3.63, 3.8) is 0 Å². The second-order valence-electron chi connectivity index (χ2n) is 6.53. The molecule has 0 aromatic heterocycles. The third kappa shape index (κ3) is 3.11. The second-order valence-corrected chi connectivity index (χ2v) is 11.5. The van der Waals surface area contributed by atoms with Crippen LogP contribution in [-0.4, -0.2) is 15.3 Å². The Hall–Kier alpha value is -0.763. The molecule has 90 valence electrons. The zero-order chi connectivity index (χ0) is 12.6. The van der Waals surface area contributed by atoms with Crippen molar-refractivity contribution in [1.29, 1.82) is 0 Å². The molecule has 0 radical (unpaired) electrons. The van der Waals surface area contributed by atoms with Gasteiger partial charge in [0.05, 0.1) is 0 Å². The molecule has 0 aliphatic heterocycles. The van der Waals surface area contributed by atoms with Crippen LogP contribution in [0.5, 0.6) is 0 Å². The summed E-state index contributed by atoms with van der Waals surface area (Å²) in [4.78, 5) is 0. The Kier molecular flexibility index (Phi) is 3.53. The number of anilines is 1. The van der Waals surface area contributed by atoms with Crippen LogP contribution in [0.15, 0.2) is 24.3 Å². The first-order chi connectivity index (χ1) is 7.12. The zero-order valence-electron chi connectivity index (χ0n) is 11.8. The van der Waals surface area contributed by atoms with Crippen LogP contribution >= 0.6 is 0 Å². The number of rotatable bonds is 2. The van der Waals surface area contributed by atoms with Gasteiger partial charge in [-0.25, -0.2) is 0 Å². The fourth-order valence-electron chi connectivity index (χ4n) is 1.57. The number of nitrogens with zero attached hydrogens (tertiary/aromatic N) is 1. The largest absolute Gasteiger partial charge is 0.401 e. The van der Waals surface area contributed by atoms with Gasteiger partial charge in [0.25, 0.3) is 0 Å². The first-order valence-corrected chi connectivity index (χ1v) is 9.41. The van der Waals surface area contributed by atoms with Gasteiger partial charge in [-0.3, -0.25) is 0 Å². The number of hydrogen-bond donors (Lipinski definition) is 0. The van der Waals surface area contributed by atoms with Gasteiger partial charge in [0.1, 0.15) is 8.24 Å². The molecule has 0 heterocycles. The lowest BCUT2D eigenvalue weighted by Gasteiger charge is -2.32. The van der Waals surface area contributed by atoms with Gasteiger partial charge >= 0.3 is 0 Å². The van der Waals surface area contributed by atoms with Crippen LogP contribution in [0.1, 0.15) is 26.3 Å². The van der Waals surface area contributed by atoms with Gasteiger partial charge in [-0.05, 0) is 30.2 Å². The van der Waals surface area contributed by atoms with E-state index in [0.717, 1.165) is 0 Å². The van der Waals surface area contributed by atoms with Crippen molar-refractivity contribution in [3.05, 3.63) is 29.8 Å². The summed E-state index contributed by atoms with van der Waals surface area (Å²) in [5, 5.41) is 0. The topological polar surface area (TPSA) is 3.24 Å². The molecule has 1 rings (SSSR count). The van der Waals surface area contributed by atoms with Crippen molar-refractivity contribution in [2.45, 2.75) is 45.8 Å². The summed E-state index contributed by atoms with van der Waals surface area (Å²) in [6.45, 7) is 13.9. The van der Waals surface area contributed by atoms with E-state index in [2.05, 4.69) is 76.3 Å². The minimum absolute atomic E-state index is 0.246. The van der Waals surface area contributed by atoms with Gasteiger partial charge in [0.2, 0.25) is 0 Å². The fraction of sp³-hybridized carbons (Fsp3) is 0.571. The maximum Gasteiger partial charge on any atom is 0.147 e. The van der Waals surface area contributed by atoms with E-state index in [9.17, 15) is 0 Å². The Morgan fingerprint density at radius 3 is 1.69 bits per heavy atom. The Labute approximate surface area is 102 Å². The van der Waals surface area contributed by atoms with Crippen LogP contribution in [0.25, 0.3) is 0 Å². The molecule has 0 aliphatic carbocycles. The lowest BCUT2D eigenvalue weighted by Crippen LogP contribution is -2.43. The van der Waals surface area contributed by atoms with Crippen molar-refractivity contribution in [1.82, 2.24) is 0 Å². The molecular weight excluding hydrogens is 210 g/mol. The van der Waals surface area contributed by atoms with E-state index in [1.165, 1.54) is 11.3 Å². The second kappa shape index (κ2) is 4.25. The maximum absolute atomic E-state index is 2.44. The van der Waals surface area contributed by atoms with Crippen LogP contribution in [0.2, 0.25) is 19.6 Å². The standard InChI is InChI=1S/C14H25NSi/c1-14(2,3)12-8-10-13(11-9-12)15(4)16(5,6)7/h8-11H,1-7H3. The summed E-state index contributed by atoms with van der Waals surface area (Å²) in [5.41, 5.74) is 2.99. The molecular formula is C14H25NSi. The highest BCUT2D eigenvalue weighted by Gasteiger charge is 2.21. The highest BCUT2D eigenvalue weighted by molar-refractivity contribution is 6.79. The molecule has 0 saturated heterocycles. The Balaban J connectivity index is 2.96. The summed E-state index contributed by atoms with van der Waals surface area (Å²) in [5.74, 6) is 0. The van der Waals surface area contributed by atoms with E-state index in [-0.39, 0.29) is 5.41 Å². The predicted molar refractivity (Wildman–Crippen MR) is 76.9 cm³/mol. The zero-order valence-corrected chi connectivity index (χ0v) is 12.8. The lowest BCUT2D eigenvalue weighted by molar-refractivity contribution is 0.590. The quantitative estimate of drug-likeness (QED) is 0.693. The Morgan fingerprint density at radius 1 is 0.938 bits per heavy atom. The normalized spacial score (nSPS) is 12.7. The molecule has 0 spiro atoms. The van der Waals surface area contributed by atoms with Gasteiger partial charge in [0, 0.05) is 5.69 Å². The highest BCUT2D eigenvalue weighted by atomic mass is 28.3. The molecule has 0 aliphatic rings. The van der Waals surface area contributed by atoms with E-state index in [1.54, 1.807) is 0 Å². The smallest absolute Gasteiger partial charge is 0.147 e. The molecule has 0 amide bonds. The molecule has 2 heteroatoms. The number of hydrogen-bond acceptors (Lipinski definition) is 1. The summed E-state index contributed by atoms with van der Waals surface area (Å²) >= 11 is 0. The van der Waals surface area contributed by atoms with Crippen molar-refractivity contribution in [2.75, 3.05) is 11.6 Å². The Morgan fingerprint density at radius 2 is 1.38 bits per heavy atom. The molecule has 0 fully saturated rings. The van der Waals surface area contributed by atoms with E-state index in [1.807, 2.05) is 0 Å². The SMILES string of the molecule is CN(c1ccc(C(C)(C)C)cc1)[Si](C)(C)C. The highest BCUT2D eigenvalue weighted by Crippen LogP contribution is 2.26. The summed E-state index contributed by atoms with van der Waals surface area (Å²) in [6.07, 6.45) is 0. The molecule has 0 N–H and O–H groups in total. The molecule has 0 unspecified atom stereocenters. The molecule has 0 atom stereocenters. The van der Waals surface area contributed by atoms with Gasteiger partial charge < -0.3 is 4.57 Å². The van der Waals surface area contributed by atoms with Crippen LogP contribution < -0.4 is 4.57 Å². The van der Waals surface area contributed by atoms with E-state index >= 15 is 0 Å². The fourth-order valence-corrected chi connectivity index (χ4v) is 2.50. The van der Waals surface area contributed by atoms with Crippen molar-refractivity contribution in [3.8, 4) is 0 Å².